The van der Waals surface area contributed by atoms with Crippen LogP contribution in [0.1, 0.15) is 12.5 Å². The summed E-state index contributed by atoms with van der Waals surface area (Å²) >= 11 is 4.46. The molecule has 0 bridgehead atoms. The van der Waals surface area contributed by atoms with Gasteiger partial charge in [0.15, 0.2) is 5.16 Å². The van der Waals surface area contributed by atoms with E-state index in [4.69, 9.17) is 0 Å². The van der Waals surface area contributed by atoms with Crippen LogP contribution >= 0.6 is 27.7 Å². The molecule has 0 spiro atoms. The smallest absolute Gasteiger partial charge is 0.262 e. The summed E-state index contributed by atoms with van der Waals surface area (Å²) in [5.74, 6) is -0.298. The molecule has 30 heavy (non-hydrogen) atoms. The lowest BCUT2D eigenvalue weighted by atomic mass is 10.2. The molecule has 0 atom stereocenters. The Morgan fingerprint density at radius 2 is 2.13 bits per heavy atom. The first-order chi connectivity index (χ1) is 14.3. The van der Waals surface area contributed by atoms with Crippen molar-refractivity contribution in [1.82, 2.24) is 15.0 Å². The van der Waals surface area contributed by atoms with Crippen molar-refractivity contribution >= 4 is 50.7 Å². The van der Waals surface area contributed by atoms with Gasteiger partial charge in [-0.25, -0.2) is 10.4 Å². The quantitative estimate of drug-likeness (QED) is 0.174. The lowest BCUT2D eigenvalue weighted by Crippen LogP contribution is -2.25. The number of para-hydroxylation sites is 1. The van der Waals surface area contributed by atoms with Crippen molar-refractivity contribution in [3.05, 3.63) is 75.0 Å². The predicted octanol–water partition coefficient (Wildman–Crippen LogP) is 3.68. The topological polar surface area (TPSA) is 96.6 Å². The van der Waals surface area contributed by atoms with Gasteiger partial charge in [0.05, 0.1) is 22.9 Å². The highest BCUT2D eigenvalue weighted by Gasteiger charge is 2.13. The van der Waals surface area contributed by atoms with Crippen LogP contribution in [-0.4, -0.2) is 32.5 Å². The maximum atomic E-state index is 12.8. The Bertz CT molecular complexity index is 1210. The van der Waals surface area contributed by atoms with E-state index in [1.54, 1.807) is 30.3 Å². The van der Waals surface area contributed by atoms with Crippen LogP contribution in [0, 0.1) is 0 Å². The molecule has 0 aliphatic rings. The number of carbonyl (C=O) groups is 1. The molecule has 0 fully saturated rings. The molecule has 0 radical (unpaired) electrons. The van der Waals surface area contributed by atoms with Gasteiger partial charge in [0.1, 0.15) is 5.75 Å². The van der Waals surface area contributed by atoms with E-state index in [1.165, 1.54) is 16.8 Å². The molecule has 0 aliphatic heterocycles. The highest BCUT2D eigenvalue weighted by molar-refractivity contribution is 9.10. The molecule has 3 rings (SSSR count). The number of fused-ring (bicyclic) bond motifs is 1. The summed E-state index contributed by atoms with van der Waals surface area (Å²) < 4.78 is 2.30. The highest BCUT2D eigenvalue weighted by atomic mass is 79.9. The van der Waals surface area contributed by atoms with Gasteiger partial charge in [-0.15, -0.1) is 0 Å². The Kier molecular flexibility index (Phi) is 7.07. The molecule has 0 saturated carbocycles. The molecule has 1 aromatic heterocycles. The first-order valence-electron chi connectivity index (χ1n) is 8.92. The number of allylic oxidation sites excluding steroid dienone is 1. The molecule has 1 amide bonds. The molecule has 3 aromatic rings. The van der Waals surface area contributed by atoms with Gasteiger partial charge in [0.2, 0.25) is 0 Å². The van der Waals surface area contributed by atoms with E-state index >= 15 is 0 Å². The van der Waals surface area contributed by atoms with Gasteiger partial charge in [-0.05, 0) is 37.3 Å². The average Bonchev–Trinajstić information content (AvgIpc) is 2.71. The predicted molar refractivity (Wildman–Crippen MR) is 123 cm³/mol. The van der Waals surface area contributed by atoms with Crippen molar-refractivity contribution in [2.75, 3.05) is 5.75 Å². The molecular weight excluding hydrogens is 468 g/mol. The van der Waals surface area contributed by atoms with Crippen molar-refractivity contribution in [1.29, 1.82) is 0 Å². The molecular formula is C21H19BrN4O3S. The summed E-state index contributed by atoms with van der Waals surface area (Å²) in [5.41, 5.74) is 4.08. The van der Waals surface area contributed by atoms with Gasteiger partial charge < -0.3 is 5.11 Å². The fraction of sp³-hybridized carbons (Fsp3) is 0.143. The van der Waals surface area contributed by atoms with E-state index < -0.39 is 0 Å². The molecule has 9 heteroatoms. The fourth-order valence-electron chi connectivity index (χ4n) is 2.63. The SMILES string of the molecule is C=C(C)Cn1c(SCC(=O)N/N=C/c2cc(Br)ccc2O)nc2ccccc2c1=O. The van der Waals surface area contributed by atoms with Crippen LogP contribution in [0.5, 0.6) is 5.75 Å². The van der Waals surface area contributed by atoms with Crippen molar-refractivity contribution in [2.24, 2.45) is 5.10 Å². The Hall–Kier alpha value is -2.91. The number of aromatic hydroxyl groups is 1. The van der Waals surface area contributed by atoms with E-state index in [1.807, 2.05) is 13.0 Å². The fourth-order valence-corrected chi connectivity index (χ4v) is 3.80. The van der Waals surface area contributed by atoms with Crippen molar-refractivity contribution in [2.45, 2.75) is 18.6 Å². The zero-order valence-electron chi connectivity index (χ0n) is 16.1. The Morgan fingerprint density at radius 1 is 1.37 bits per heavy atom. The number of amides is 1. The minimum absolute atomic E-state index is 0.0166. The number of rotatable bonds is 7. The van der Waals surface area contributed by atoms with Crippen LogP contribution in [-0.2, 0) is 11.3 Å². The summed E-state index contributed by atoms with van der Waals surface area (Å²) in [6, 6.07) is 12.0. The third-order valence-corrected chi connectivity index (χ3v) is 5.44. The monoisotopic (exact) mass is 486 g/mol. The molecule has 0 unspecified atom stereocenters. The molecule has 154 valence electrons. The Morgan fingerprint density at radius 3 is 2.90 bits per heavy atom. The number of aromatic nitrogens is 2. The van der Waals surface area contributed by atoms with E-state index in [0.29, 0.717) is 28.2 Å². The summed E-state index contributed by atoms with van der Waals surface area (Å²) in [6.45, 7) is 6.02. The standard InChI is InChI=1S/C21H19BrN4O3S/c1-13(2)11-26-20(29)16-5-3-4-6-17(16)24-21(26)30-12-19(28)25-23-10-14-9-15(22)7-8-18(14)27/h3-10,27H,1,11-12H2,2H3,(H,25,28)/b23-10+. The molecule has 7 nitrogen and oxygen atoms in total. The number of thioether (sulfide) groups is 1. The van der Waals surface area contributed by atoms with Gasteiger partial charge >= 0.3 is 0 Å². The lowest BCUT2D eigenvalue weighted by Gasteiger charge is -2.12. The summed E-state index contributed by atoms with van der Waals surface area (Å²) in [4.78, 5) is 29.6. The van der Waals surface area contributed by atoms with E-state index in [9.17, 15) is 14.7 Å². The van der Waals surface area contributed by atoms with E-state index in [2.05, 4.69) is 38.0 Å². The third kappa shape index (κ3) is 5.37. The molecule has 2 N–H and O–H groups in total. The highest BCUT2D eigenvalue weighted by Crippen LogP contribution is 2.20. The largest absolute Gasteiger partial charge is 0.507 e. The average molecular weight is 487 g/mol. The van der Waals surface area contributed by atoms with Gasteiger partial charge in [-0.3, -0.25) is 14.2 Å². The van der Waals surface area contributed by atoms with Crippen LogP contribution < -0.4 is 11.0 Å². The second-order valence-electron chi connectivity index (χ2n) is 6.54. The number of hydrogen-bond acceptors (Lipinski definition) is 6. The number of benzene rings is 2. The number of carbonyl (C=O) groups excluding carboxylic acids is 1. The summed E-state index contributed by atoms with van der Waals surface area (Å²) in [7, 11) is 0. The Balaban J connectivity index is 1.73. The Labute approximate surface area is 185 Å². The van der Waals surface area contributed by atoms with E-state index in [0.717, 1.165) is 21.8 Å². The zero-order chi connectivity index (χ0) is 21.7. The number of hydrazone groups is 1. The van der Waals surface area contributed by atoms with Crippen molar-refractivity contribution in [3.8, 4) is 5.75 Å². The number of phenols is 1. The van der Waals surface area contributed by atoms with Gasteiger partial charge in [-0.1, -0.05) is 52.0 Å². The molecule has 0 saturated heterocycles. The number of hydrogen-bond donors (Lipinski definition) is 2. The first kappa shape index (κ1) is 21.8. The molecule has 2 aromatic carbocycles. The number of halogens is 1. The number of nitrogens with one attached hydrogen (secondary N) is 1. The third-order valence-electron chi connectivity index (χ3n) is 3.97. The van der Waals surface area contributed by atoms with Crippen LogP contribution in [0.15, 0.2) is 74.1 Å². The zero-order valence-corrected chi connectivity index (χ0v) is 18.5. The molecule has 1 heterocycles. The molecule has 0 aliphatic carbocycles. The second-order valence-corrected chi connectivity index (χ2v) is 8.40. The lowest BCUT2D eigenvalue weighted by molar-refractivity contribution is -0.118. The van der Waals surface area contributed by atoms with Gasteiger partial charge in [0.25, 0.3) is 11.5 Å². The minimum Gasteiger partial charge on any atom is -0.507 e. The minimum atomic E-state index is -0.366. The van der Waals surface area contributed by atoms with Crippen LogP contribution in [0.4, 0.5) is 0 Å². The van der Waals surface area contributed by atoms with Gasteiger partial charge in [-0.2, -0.15) is 5.10 Å². The second kappa shape index (κ2) is 9.73. The maximum Gasteiger partial charge on any atom is 0.262 e. The van der Waals surface area contributed by atoms with Crippen LogP contribution in [0.2, 0.25) is 0 Å². The van der Waals surface area contributed by atoms with Crippen LogP contribution in [0.3, 0.4) is 0 Å². The van der Waals surface area contributed by atoms with Gasteiger partial charge in [0, 0.05) is 16.6 Å². The maximum absolute atomic E-state index is 12.8. The number of phenolic OH excluding ortho intramolecular Hbond substituents is 1. The normalized spacial score (nSPS) is 11.1. The summed E-state index contributed by atoms with van der Waals surface area (Å²) in [5, 5.41) is 14.6. The van der Waals surface area contributed by atoms with E-state index in [-0.39, 0.29) is 23.0 Å². The van der Waals surface area contributed by atoms with Crippen molar-refractivity contribution < 1.29 is 9.90 Å². The summed E-state index contributed by atoms with van der Waals surface area (Å²) in [6.07, 6.45) is 1.36. The first-order valence-corrected chi connectivity index (χ1v) is 10.7. The van der Waals surface area contributed by atoms with Crippen molar-refractivity contribution in [3.63, 3.8) is 0 Å². The number of nitrogens with zero attached hydrogens (tertiary/aromatic N) is 3. The van der Waals surface area contributed by atoms with Crippen LogP contribution in [0.25, 0.3) is 10.9 Å².